The molecule has 6 heteroatoms. The topological polar surface area (TPSA) is 72.2 Å². The third-order valence-corrected chi connectivity index (χ3v) is 5.04. The van der Waals surface area contributed by atoms with E-state index < -0.39 is 5.91 Å². The average Bonchev–Trinajstić information content (AvgIpc) is 3.31. The summed E-state index contributed by atoms with van der Waals surface area (Å²) in [6, 6.07) is 33.2. The second kappa shape index (κ2) is 8.65. The number of hydrazone groups is 1. The summed E-state index contributed by atoms with van der Waals surface area (Å²) in [4.78, 5) is 17.3. The number of para-hydroxylation sites is 1. The maximum atomic E-state index is 12.8. The molecule has 5 rings (SSSR count). The van der Waals surface area contributed by atoms with E-state index in [4.69, 9.17) is 0 Å². The standard InChI is InChI=1S/C26H19N5O/c32-26(29-27-18-21-14-9-13-19-10-7-8-17-23(19)21)24-28-25(20-11-3-1-4-12-20)31(30-24)22-15-5-2-6-16-22/h1-18H,(H,29,32)/b27-18-. The van der Waals surface area contributed by atoms with E-state index in [9.17, 15) is 4.79 Å². The first-order valence-corrected chi connectivity index (χ1v) is 10.2. The number of amides is 1. The zero-order valence-electron chi connectivity index (χ0n) is 17.1. The van der Waals surface area contributed by atoms with Gasteiger partial charge in [-0.25, -0.2) is 15.1 Å². The van der Waals surface area contributed by atoms with Gasteiger partial charge in [0.25, 0.3) is 0 Å². The van der Waals surface area contributed by atoms with E-state index in [2.05, 4.69) is 20.6 Å². The Labute approximate surface area is 184 Å². The minimum absolute atomic E-state index is 0.0442. The molecule has 5 aromatic rings. The van der Waals surface area contributed by atoms with Crippen molar-refractivity contribution in [1.29, 1.82) is 0 Å². The molecule has 1 N–H and O–H groups in total. The van der Waals surface area contributed by atoms with Gasteiger partial charge in [-0.05, 0) is 22.9 Å². The fourth-order valence-corrected chi connectivity index (χ4v) is 3.51. The number of fused-ring (bicyclic) bond motifs is 1. The molecule has 32 heavy (non-hydrogen) atoms. The van der Waals surface area contributed by atoms with Gasteiger partial charge < -0.3 is 0 Å². The molecule has 1 amide bonds. The molecule has 154 valence electrons. The molecule has 1 heterocycles. The molecule has 0 spiro atoms. The summed E-state index contributed by atoms with van der Waals surface area (Å²) in [6.07, 6.45) is 1.63. The van der Waals surface area contributed by atoms with Crippen LogP contribution in [0, 0.1) is 0 Å². The van der Waals surface area contributed by atoms with Crippen molar-refractivity contribution in [2.24, 2.45) is 5.10 Å². The van der Waals surface area contributed by atoms with Gasteiger partial charge in [0.2, 0.25) is 5.82 Å². The Morgan fingerprint density at radius 2 is 1.50 bits per heavy atom. The van der Waals surface area contributed by atoms with Crippen LogP contribution in [-0.4, -0.2) is 26.9 Å². The number of carbonyl (C=O) groups is 1. The quantitative estimate of drug-likeness (QED) is 0.328. The summed E-state index contributed by atoms with van der Waals surface area (Å²) in [5, 5.41) is 10.8. The molecule has 0 radical (unpaired) electrons. The molecule has 0 unspecified atom stereocenters. The number of aromatic nitrogens is 3. The molecule has 0 saturated carbocycles. The highest BCUT2D eigenvalue weighted by Crippen LogP contribution is 2.21. The molecule has 0 bridgehead atoms. The minimum atomic E-state index is -0.478. The van der Waals surface area contributed by atoms with Gasteiger partial charge >= 0.3 is 5.91 Å². The predicted octanol–water partition coefficient (Wildman–Crippen LogP) is 4.85. The lowest BCUT2D eigenvalue weighted by Gasteiger charge is -2.05. The number of nitrogens with one attached hydrogen (secondary N) is 1. The van der Waals surface area contributed by atoms with Crippen LogP contribution < -0.4 is 5.43 Å². The number of carbonyl (C=O) groups excluding carboxylic acids is 1. The smallest absolute Gasteiger partial charge is 0.264 e. The van der Waals surface area contributed by atoms with Gasteiger partial charge in [0, 0.05) is 11.1 Å². The summed E-state index contributed by atoms with van der Waals surface area (Å²) in [5.41, 5.74) is 5.14. The monoisotopic (exact) mass is 417 g/mol. The Bertz CT molecular complexity index is 1350. The Balaban J connectivity index is 1.44. The highest BCUT2D eigenvalue weighted by atomic mass is 16.2. The van der Waals surface area contributed by atoms with Crippen molar-refractivity contribution in [3.8, 4) is 17.1 Å². The van der Waals surface area contributed by atoms with Gasteiger partial charge in [-0.3, -0.25) is 4.79 Å². The fraction of sp³-hybridized carbons (Fsp3) is 0. The summed E-state index contributed by atoms with van der Waals surface area (Å²) in [6.45, 7) is 0. The van der Waals surface area contributed by atoms with Crippen LogP contribution >= 0.6 is 0 Å². The second-order valence-corrected chi connectivity index (χ2v) is 7.14. The Morgan fingerprint density at radius 1 is 0.812 bits per heavy atom. The SMILES string of the molecule is O=C(N/N=C\c1cccc2ccccc12)c1nc(-c2ccccc2)n(-c2ccccc2)n1. The molecule has 6 nitrogen and oxygen atoms in total. The molecule has 0 saturated heterocycles. The van der Waals surface area contributed by atoms with Gasteiger partial charge in [0.1, 0.15) is 0 Å². The highest BCUT2D eigenvalue weighted by molar-refractivity contribution is 6.00. The predicted molar refractivity (Wildman–Crippen MR) is 126 cm³/mol. The van der Waals surface area contributed by atoms with Crippen LogP contribution in [0.2, 0.25) is 0 Å². The van der Waals surface area contributed by atoms with Gasteiger partial charge in [0.05, 0.1) is 11.9 Å². The zero-order valence-corrected chi connectivity index (χ0v) is 17.1. The van der Waals surface area contributed by atoms with E-state index in [1.807, 2.05) is 103 Å². The van der Waals surface area contributed by atoms with Crippen LogP contribution in [0.5, 0.6) is 0 Å². The Morgan fingerprint density at radius 3 is 2.31 bits per heavy atom. The summed E-state index contributed by atoms with van der Waals surface area (Å²) < 4.78 is 1.67. The maximum absolute atomic E-state index is 12.8. The number of benzene rings is 4. The van der Waals surface area contributed by atoms with Crippen molar-refractivity contribution in [3.05, 3.63) is 115 Å². The summed E-state index contributed by atoms with van der Waals surface area (Å²) in [5.74, 6) is 0.149. The number of rotatable bonds is 5. The molecular formula is C26H19N5O. The molecule has 4 aromatic carbocycles. The van der Waals surface area contributed by atoms with Crippen molar-refractivity contribution < 1.29 is 4.79 Å². The van der Waals surface area contributed by atoms with Gasteiger partial charge in [-0.1, -0.05) is 91.0 Å². The first-order chi connectivity index (χ1) is 15.8. The van der Waals surface area contributed by atoms with E-state index >= 15 is 0 Å². The van der Waals surface area contributed by atoms with E-state index in [1.165, 1.54) is 0 Å². The lowest BCUT2D eigenvalue weighted by Crippen LogP contribution is -2.19. The summed E-state index contributed by atoms with van der Waals surface area (Å²) in [7, 11) is 0. The highest BCUT2D eigenvalue weighted by Gasteiger charge is 2.18. The van der Waals surface area contributed by atoms with E-state index in [0.717, 1.165) is 27.6 Å². The summed E-state index contributed by atoms with van der Waals surface area (Å²) >= 11 is 0. The van der Waals surface area contributed by atoms with Gasteiger partial charge in [0.15, 0.2) is 5.82 Å². The molecule has 0 atom stereocenters. The molecule has 0 aliphatic carbocycles. The molecule has 0 fully saturated rings. The van der Waals surface area contributed by atoms with Crippen LogP contribution in [0.15, 0.2) is 108 Å². The van der Waals surface area contributed by atoms with Crippen molar-refractivity contribution in [2.45, 2.75) is 0 Å². The number of nitrogens with zero attached hydrogens (tertiary/aromatic N) is 4. The third-order valence-electron chi connectivity index (χ3n) is 5.04. The van der Waals surface area contributed by atoms with Crippen molar-refractivity contribution in [3.63, 3.8) is 0 Å². The first-order valence-electron chi connectivity index (χ1n) is 10.2. The van der Waals surface area contributed by atoms with Crippen LogP contribution in [0.1, 0.15) is 16.2 Å². The van der Waals surface area contributed by atoms with Gasteiger partial charge in [-0.15, -0.1) is 5.10 Å². The van der Waals surface area contributed by atoms with E-state index in [-0.39, 0.29) is 5.82 Å². The molecule has 0 aliphatic heterocycles. The van der Waals surface area contributed by atoms with Crippen LogP contribution in [0.3, 0.4) is 0 Å². The molecule has 0 aliphatic rings. The van der Waals surface area contributed by atoms with Crippen LogP contribution in [0.25, 0.3) is 27.8 Å². The lowest BCUT2D eigenvalue weighted by molar-refractivity contribution is 0.0945. The largest absolute Gasteiger partial charge is 0.311 e. The molecular weight excluding hydrogens is 398 g/mol. The fourth-order valence-electron chi connectivity index (χ4n) is 3.51. The minimum Gasteiger partial charge on any atom is -0.264 e. The first kappa shape index (κ1) is 19.4. The normalized spacial score (nSPS) is 11.1. The van der Waals surface area contributed by atoms with E-state index in [0.29, 0.717) is 5.82 Å². The van der Waals surface area contributed by atoms with Gasteiger partial charge in [-0.2, -0.15) is 5.10 Å². The number of hydrogen-bond acceptors (Lipinski definition) is 4. The Hall–Kier alpha value is -4.58. The maximum Gasteiger partial charge on any atom is 0.311 e. The molecule has 1 aromatic heterocycles. The van der Waals surface area contributed by atoms with Crippen LogP contribution in [0.4, 0.5) is 0 Å². The van der Waals surface area contributed by atoms with Crippen molar-refractivity contribution in [1.82, 2.24) is 20.2 Å². The zero-order chi connectivity index (χ0) is 21.8. The van der Waals surface area contributed by atoms with E-state index in [1.54, 1.807) is 10.9 Å². The second-order valence-electron chi connectivity index (χ2n) is 7.14. The lowest BCUT2D eigenvalue weighted by atomic mass is 10.1. The van der Waals surface area contributed by atoms with Crippen molar-refractivity contribution >= 4 is 22.9 Å². The van der Waals surface area contributed by atoms with Crippen molar-refractivity contribution in [2.75, 3.05) is 0 Å². The Kier molecular flexibility index (Phi) is 5.24. The van der Waals surface area contributed by atoms with Crippen LogP contribution in [-0.2, 0) is 0 Å². The average molecular weight is 417 g/mol. The number of hydrogen-bond donors (Lipinski definition) is 1. The third kappa shape index (κ3) is 3.89.